The normalized spacial score (nSPS) is 13.9. The van der Waals surface area contributed by atoms with Crippen LogP contribution in [0.4, 0.5) is 0 Å². The second kappa shape index (κ2) is 8.57. The van der Waals surface area contributed by atoms with E-state index in [-0.39, 0.29) is 0 Å². The molecular weight excluding hydrogens is 192 g/mol. The number of nitrogens with one attached hydrogen (secondary N) is 1. The fraction of sp³-hybridized carbons (Fsp3) is 1.00. The van der Waals surface area contributed by atoms with Crippen LogP contribution in [0.25, 0.3) is 0 Å². The van der Waals surface area contributed by atoms with Crippen LogP contribution >= 0.6 is 11.8 Å². The monoisotopic (exact) mass is 218 g/mol. The molecule has 0 aliphatic carbocycles. The first-order valence-corrected chi connectivity index (χ1v) is 6.56. The van der Waals surface area contributed by atoms with E-state index in [0.717, 1.165) is 30.8 Å². The molecule has 1 unspecified atom stereocenters. The second-order valence-electron chi connectivity index (χ2n) is 4.37. The van der Waals surface area contributed by atoms with Crippen molar-refractivity contribution in [3.05, 3.63) is 0 Å². The van der Waals surface area contributed by atoms with Gasteiger partial charge in [-0.25, -0.2) is 0 Å². The largest absolute Gasteiger partial charge is 0.315 e. The SMILES string of the molecule is CC(C)C(C)SCCNCCN(C)C. The molecular formula is C11H26N2S. The molecule has 0 aromatic heterocycles. The Labute approximate surface area is 93.8 Å². The van der Waals surface area contributed by atoms with Crippen LogP contribution in [0.2, 0.25) is 0 Å². The number of rotatable bonds is 8. The van der Waals surface area contributed by atoms with E-state index >= 15 is 0 Å². The van der Waals surface area contributed by atoms with E-state index in [9.17, 15) is 0 Å². The van der Waals surface area contributed by atoms with Crippen molar-refractivity contribution in [2.75, 3.05) is 39.5 Å². The Morgan fingerprint density at radius 1 is 1.14 bits per heavy atom. The van der Waals surface area contributed by atoms with E-state index in [4.69, 9.17) is 0 Å². The molecule has 3 heteroatoms. The highest BCUT2D eigenvalue weighted by Crippen LogP contribution is 2.17. The van der Waals surface area contributed by atoms with Gasteiger partial charge in [0.2, 0.25) is 0 Å². The average Bonchev–Trinajstić information content (AvgIpc) is 2.09. The van der Waals surface area contributed by atoms with Gasteiger partial charge in [-0.05, 0) is 20.0 Å². The summed E-state index contributed by atoms with van der Waals surface area (Å²) in [5.74, 6) is 2.02. The maximum atomic E-state index is 3.45. The van der Waals surface area contributed by atoms with Crippen LogP contribution in [-0.4, -0.2) is 49.6 Å². The third-order valence-corrected chi connectivity index (χ3v) is 3.84. The van der Waals surface area contributed by atoms with Crippen molar-refractivity contribution in [1.82, 2.24) is 10.2 Å². The minimum absolute atomic E-state index is 0.783. The third-order valence-electron chi connectivity index (χ3n) is 2.33. The summed E-state index contributed by atoms with van der Waals surface area (Å²) in [6, 6.07) is 0. The van der Waals surface area contributed by atoms with Crippen LogP contribution in [0, 0.1) is 5.92 Å². The molecule has 0 aliphatic heterocycles. The molecule has 86 valence electrons. The summed E-state index contributed by atoms with van der Waals surface area (Å²) in [6.07, 6.45) is 0. The minimum atomic E-state index is 0.783. The Balaban J connectivity index is 3.13. The summed E-state index contributed by atoms with van der Waals surface area (Å²) in [4.78, 5) is 2.21. The Hall–Kier alpha value is 0.270. The molecule has 0 bridgehead atoms. The Morgan fingerprint density at radius 3 is 2.29 bits per heavy atom. The van der Waals surface area contributed by atoms with Crippen molar-refractivity contribution in [3.63, 3.8) is 0 Å². The van der Waals surface area contributed by atoms with Crippen molar-refractivity contribution in [2.24, 2.45) is 5.92 Å². The van der Waals surface area contributed by atoms with Gasteiger partial charge >= 0.3 is 0 Å². The van der Waals surface area contributed by atoms with Crippen LogP contribution in [-0.2, 0) is 0 Å². The molecule has 1 N–H and O–H groups in total. The lowest BCUT2D eigenvalue weighted by Crippen LogP contribution is -2.28. The highest BCUT2D eigenvalue weighted by Gasteiger charge is 2.05. The maximum Gasteiger partial charge on any atom is 0.0101 e. The van der Waals surface area contributed by atoms with Gasteiger partial charge in [0.05, 0.1) is 0 Å². The molecule has 0 rings (SSSR count). The van der Waals surface area contributed by atoms with Crippen molar-refractivity contribution >= 4 is 11.8 Å². The lowest BCUT2D eigenvalue weighted by molar-refractivity contribution is 0.403. The number of thioether (sulfide) groups is 1. The molecule has 0 amide bonds. The molecule has 0 heterocycles. The van der Waals surface area contributed by atoms with Gasteiger partial charge in [0.1, 0.15) is 0 Å². The first kappa shape index (κ1) is 14.3. The minimum Gasteiger partial charge on any atom is -0.315 e. The fourth-order valence-corrected chi connectivity index (χ4v) is 1.96. The summed E-state index contributed by atoms with van der Waals surface area (Å²) in [6.45, 7) is 10.3. The van der Waals surface area contributed by atoms with Gasteiger partial charge in [0.15, 0.2) is 0 Å². The van der Waals surface area contributed by atoms with Crippen LogP contribution in [0.5, 0.6) is 0 Å². The molecule has 0 saturated carbocycles. The van der Waals surface area contributed by atoms with Gasteiger partial charge in [-0.2, -0.15) is 11.8 Å². The number of likely N-dealkylation sites (N-methyl/N-ethyl adjacent to an activating group) is 1. The predicted octanol–water partition coefficient (Wildman–Crippen LogP) is 1.92. The van der Waals surface area contributed by atoms with E-state index in [2.05, 4.69) is 56.8 Å². The molecule has 0 saturated heterocycles. The second-order valence-corrected chi connectivity index (χ2v) is 5.86. The van der Waals surface area contributed by atoms with Gasteiger partial charge in [0, 0.05) is 30.6 Å². The van der Waals surface area contributed by atoms with E-state index < -0.39 is 0 Å². The lowest BCUT2D eigenvalue weighted by atomic mass is 10.2. The molecule has 0 aromatic rings. The summed E-state index contributed by atoms with van der Waals surface area (Å²) in [5, 5.41) is 4.23. The highest BCUT2D eigenvalue weighted by molar-refractivity contribution is 7.99. The van der Waals surface area contributed by atoms with E-state index in [1.807, 2.05) is 0 Å². The van der Waals surface area contributed by atoms with Gasteiger partial charge in [-0.1, -0.05) is 20.8 Å². The topological polar surface area (TPSA) is 15.3 Å². The van der Waals surface area contributed by atoms with E-state index in [0.29, 0.717) is 0 Å². The molecule has 14 heavy (non-hydrogen) atoms. The van der Waals surface area contributed by atoms with Gasteiger partial charge in [-0.3, -0.25) is 0 Å². The standard InChI is InChI=1S/C11H26N2S/c1-10(2)11(3)14-9-7-12-6-8-13(4)5/h10-12H,6-9H2,1-5H3. The molecule has 0 radical (unpaired) electrons. The molecule has 0 spiro atoms. The van der Waals surface area contributed by atoms with Crippen molar-refractivity contribution in [3.8, 4) is 0 Å². The summed E-state index contributed by atoms with van der Waals surface area (Å²) in [5.41, 5.74) is 0. The van der Waals surface area contributed by atoms with Crippen molar-refractivity contribution in [2.45, 2.75) is 26.0 Å². The zero-order chi connectivity index (χ0) is 11.0. The first-order valence-electron chi connectivity index (χ1n) is 5.51. The lowest BCUT2D eigenvalue weighted by Gasteiger charge is -2.15. The number of hydrogen-bond acceptors (Lipinski definition) is 3. The Kier molecular flexibility index (Phi) is 8.73. The van der Waals surface area contributed by atoms with Crippen LogP contribution in [0.1, 0.15) is 20.8 Å². The van der Waals surface area contributed by atoms with Gasteiger partial charge < -0.3 is 10.2 Å². The molecule has 0 aromatic carbocycles. The predicted molar refractivity (Wildman–Crippen MR) is 68.2 cm³/mol. The molecule has 1 atom stereocenters. The van der Waals surface area contributed by atoms with Crippen molar-refractivity contribution in [1.29, 1.82) is 0 Å². The highest BCUT2D eigenvalue weighted by atomic mass is 32.2. The quantitative estimate of drug-likeness (QED) is 0.627. The maximum absolute atomic E-state index is 3.45. The third kappa shape index (κ3) is 8.85. The van der Waals surface area contributed by atoms with Gasteiger partial charge in [0.25, 0.3) is 0 Å². The zero-order valence-electron chi connectivity index (χ0n) is 10.3. The average molecular weight is 218 g/mol. The summed E-state index contributed by atoms with van der Waals surface area (Å²) >= 11 is 2.07. The number of nitrogens with zero attached hydrogens (tertiary/aromatic N) is 1. The number of hydrogen-bond donors (Lipinski definition) is 1. The van der Waals surface area contributed by atoms with Crippen LogP contribution in [0.15, 0.2) is 0 Å². The van der Waals surface area contributed by atoms with Gasteiger partial charge in [-0.15, -0.1) is 0 Å². The summed E-state index contributed by atoms with van der Waals surface area (Å²) < 4.78 is 0. The summed E-state index contributed by atoms with van der Waals surface area (Å²) in [7, 11) is 4.22. The van der Waals surface area contributed by atoms with E-state index in [1.165, 1.54) is 5.75 Å². The van der Waals surface area contributed by atoms with Crippen LogP contribution < -0.4 is 5.32 Å². The molecule has 0 aliphatic rings. The smallest absolute Gasteiger partial charge is 0.0101 e. The van der Waals surface area contributed by atoms with Crippen LogP contribution in [0.3, 0.4) is 0 Å². The molecule has 2 nitrogen and oxygen atoms in total. The Morgan fingerprint density at radius 2 is 1.79 bits per heavy atom. The first-order chi connectivity index (χ1) is 6.54. The van der Waals surface area contributed by atoms with E-state index in [1.54, 1.807) is 0 Å². The fourth-order valence-electron chi connectivity index (χ4n) is 0.937. The zero-order valence-corrected chi connectivity index (χ0v) is 11.2. The van der Waals surface area contributed by atoms with Crippen molar-refractivity contribution < 1.29 is 0 Å². The molecule has 0 fully saturated rings. The Bertz CT molecular complexity index is 126.